The van der Waals surface area contributed by atoms with Crippen molar-refractivity contribution < 1.29 is 27.9 Å². The predicted molar refractivity (Wildman–Crippen MR) is 87.7 cm³/mol. The van der Waals surface area contributed by atoms with Crippen molar-refractivity contribution in [2.24, 2.45) is 16.5 Å². The van der Waals surface area contributed by atoms with E-state index in [0.717, 1.165) is 0 Å². The van der Waals surface area contributed by atoms with Gasteiger partial charge in [0.25, 0.3) is 5.91 Å². The Morgan fingerprint density at radius 1 is 1.32 bits per heavy atom. The van der Waals surface area contributed by atoms with E-state index in [1.807, 2.05) is 0 Å². The number of hydrogen-bond acceptors (Lipinski definition) is 5. The third kappa shape index (κ3) is 3.21. The topological polar surface area (TPSA) is 127 Å². The van der Waals surface area contributed by atoms with Crippen molar-refractivity contribution in [1.29, 1.82) is 0 Å². The van der Waals surface area contributed by atoms with Crippen molar-refractivity contribution in [3.8, 4) is 5.75 Å². The molecule has 1 aliphatic heterocycles. The molecule has 1 amide bonds. The smallest absolute Gasteiger partial charge is 0.307 e. The van der Waals surface area contributed by atoms with Gasteiger partial charge in [-0.25, -0.2) is 13.6 Å². The quantitative estimate of drug-likeness (QED) is 0.804. The number of sulfonamides is 1. The van der Waals surface area contributed by atoms with Gasteiger partial charge in [0.15, 0.2) is 0 Å². The molecule has 2 fully saturated rings. The molecule has 1 saturated heterocycles. The Hall–Kier alpha value is -2.13. The summed E-state index contributed by atoms with van der Waals surface area (Å²) in [4.78, 5) is 25.4. The van der Waals surface area contributed by atoms with E-state index in [1.165, 1.54) is 25.3 Å². The van der Waals surface area contributed by atoms with E-state index in [4.69, 9.17) is 15.0 Å². The number of nitrogens with two attached hydrogens (primary N) is 1. The normalized spacial score (nSPS) is 21.8. The van der Waals surface area contributed by atoms with E-state index in [1.54, 1.807) is 4.90 Å². The van der Waals surface area contributed by atoms with Crippen LogP contribution in [0.1, 0.15) is 29.6 Å². The lowest BCUT2D eigenvalue weighted by molar-refractivity contribution is -0.139. The average Bonchev–Trinajstić information content (AvgIpc) is 3.27. The highest BCUT2D eigenvalue weighted by Crippen LogP contribution is 2.59. The van der Waals surface area contributed by atoms with Gasteiger partial charge in [-0.3, -0.25) is 9.59 Å². The van der Waals surface area contributed by atoms with Gasteiger partial charge in [0.05, 0.1) is 23.5 Å². The van der Waals surface area contributed by atoms with Crippen molar-refractivity contribution in [3.05, 3.63) is 23.8 Å². The van der Waals surface area contributed by atoms with Crippen molar-refractivity contribution in [2.75, 3.05) is 20.2 Å². The molecule has 0 aromatic heterocycles. The largest absolute Gasteiger partial charge is 0.496 e. The fourth-order valence-electron chi connectivity index (χ4n) is 3.61. The van der Waals surface area contributed by atoms with E-state index >= 15 is 0 Å². The summed E-state index contributed by atoms with van der Waals surface area (Å²) in [7, 11) is -2.53. The molecule has 3 rings (SSSR count). The standard InChI is InChI=1S/C16H20N2O6S/c1-24-13-3-2-10(25(17,22)23)8-11(13)14(19)18-6-4-16(5-7-18)9-12(16)15(20)21/h2-3,8,12H,4-7,9H2,1H3,(H,20,21)(H2,17,22,23). The van der Waals surface area contributed by atoms with Crippen LogP contribution in [-0.2, 0) is 14.8 Å². The highest BCUT2D eigenvalue weighted by Gasteiger charge is 2.59. The molecular formula is C16H20N2O6S. The third-order valence-corrected chi connectivity index (χ3v) is 6.18. The molecule has 1 unspecified atom stereocenters. The molecule has 3 N–H and O–H groups in total. The molecule has 9 heteroatoms. The first-order chi connectivity index (χ1) is 11.7. The maximum absolute atomic E-state index is 12.8. The Morgan fingerprint density at radius 3 is 2.44 bits per heavy atom. The number of ether oxygens (including phenoxy) is 1. The third-order valence-electron chi connectivity index (χ3n) is 5.26. The number of rotatable bonds is 4. The first-order valence-electron chi connectivity index (χ1n) is 7.91. The Labute approximate surface area is 145 Å². The number of hydrogen-bond donors (Lipinski definition) is 2. The molecule has 1 aromatic carbocycles. The van der Waals surface area contributed by atoms with E-state index in [0.29, 0.717) is 32.4 Å². The summed E-state index contributed by atoms with van der Waals surface area (Å²) in [6.07, 6.45) is 1.92. The summed E-state index contributed by atoms with van der Waals surface area (Å²) in [5, 5.41) is 14.3. The van der Waals surface area contributed by atoms with Gasteiger partial charge in [-0.15, -0.1) is 0 Å². The van der Waals surface area contributed by atoms with Gasteiger partial charge in [-0.1, -0.05) is 0 Å². The second-order valence-electron chi connectivity index (χ2n) is 6.66. The second-order valence-corrected chi connectivity index (χ2v) is 8.22. The number of benzene rings is 1. The number of primary sulfonamides is 1. The highest BCUT2D eigenvalue weighted by atomic mass is 32.2. The van der Waals surface area contributed by atoms with Crippen LogP contribution < -0.4 is 9.88 Å². The number of carbonyl (C=O) groups excluding carboxylic acids is 1. The lowest BCUT2D eigenvalue weighted by Crippen LogP contribution is -2.40. The first-order valence-corrected chi connectivity index (χ1v) is 9.45. The van der Waals surface area contributed by atoms with Gasteiger partial charge >= 0.3 is 5.97 Å². The lowest BCUT2D eigenvalue weighted by atomic mass is 9.90. The zero-order valence-electron chi connectivity index (χ0n) is 13.8. The van der Waals surface area contributed by atoms with Gasteiger partial charge < -0.3 is 14.7 Å². The second kappa shape index (κ2) is 5.99. The summed E-state index contributed by atoms with van der Waals surface area (Å²) in [6, 6.07) is 3.91. The monoisotopic (exact) mass is 368 g/mol. The van der Waals surface area contributed by atoms with Crippen molar-refractivity contribution in [3.63, 3.8) is 0 Å². The number of aliphatic carboxylic acids is 1. The molecule has 136 valence electrons. The fourth-order valence-corrected chi connectivity index (χ4v) is 4.15. The molecule has 0 bridgehead atoms. The minimum Gasteiger partial charge on any atom is -0.496 e. The van der Waals surface area contributed by atoms with Crippen molar-refractivity contribution in [2.45, 2.75) is 24.2 Å². The zero-order chi connectivity index (χ0) is 18.4. The molecule has 2 aliphatic rings. The average molecular weight is 368 g/mol. The van der Waals surface area contributed by atoms with Crippen LogP contribution in [0.3, 0.4) is 0 Å². The van der Waals surface area contributed by atoms with Gasteiger partial charge in [0, 0.05) is 13.1 Å². The van der Waals surface area contributed by atoms with Crippen LogP contribution in [0.2, 0.25) is 0 Å². The summed E-state index contributed by atoms with van der Waals surface area (Å²) >= 11 is 0. The number of likely N-dealkylation sites (tertiary alicyclic amines) is 1. The Kier molecular flexibility index (Phi) is 4.24. The summed E-state index contributed by atoms with van der Waals surface area (Å²) in [6.45, 7) is 0.872. The molecule has 1 saturated carbocycles. The SMILES string of the molecule is COc1ccc(S(N)(=O)=O)cc1C(=O)N1CCC2(CC1)CC2C(=O)O. The van der Waals surface area contributed by atoms with E-state index < -0.39 is 16.0 Å². The molecule has 1 spiro atoms. The molecule has 25 heavy (non-hydrogen) atoms. The van der Waals surface area contributed by atoms with Gasteiger partial charge in [0.1, 0.15) is 5.75 Å². The van der Waals surface area contributed by atoms with Crippen LogP contribution in [0.5, 0.6) is 5.75 Å². The number of piperidine rings is 1. The van der Waals surface area contributed by atoms with Gasteiger partial charge in [0.2, 0.25) is 10.0 Å². The van der Waals surface area contributed by atoms with Crippen LogP contribution in [0, 0.1) is 11.3 Å². The molecule has 1 heterocycles. The Morgan fingerprint density at radius 2 is 1.96 bits per heavy atom. The van der Waals surface area contributed by atoms with Crippen molar-refractivity contribution >= 4 is 21.9 Å². The molecule has 8 nitrogen and oxygen atoms in total. The number of nitrogens with zero attached hydrogens (tertiary/aromatic N) is 1. The summed E-state index contributed by atoms with van der Waals surface area (Å²) in [5.41, 5.74) is -0.0506. The molecule has 1 aromatic rings. The predicted octanol–water partition coefficient (Wildman–Crippen LogP) is 0.669. The minimum atomic E-state index is -3.93. The Bertz CT molecular complexity index is 827. The maximum atomic E-state index is 12.8. The molecule has 1 atom stereocenters. The summed E-state index contributed by atoms with van der Waals surface area (Å²) in [5.74, 6) is -1.16. The van der Waals surface area contributed by atoms with Crippen molar-refractivity contribution in [1.82, 2.24) is 4.90 Å². The minimum absolute atomic E-state index is 0.135. The molecular weight excluding hydrogens is 348 g/mol. The number of carbonyl (C=O) groups is 2. The van der Waals surface area contributed by atoms with E-state index in [9.17, 15) is 18.0 Å². The molecule has 0 radical (unpaired) electrons. The number of amides is 1. The van der Waals surface area contributed by atoms with Crippen LogP contribution in [-0.4, -0.2) is 50.5 Å². The lowest BCUT2D eigenvalue weighted by Gasteiger charge is -2.33. The summed E-state index contributed by atoms with van der Waals surface area (Å²) < 4.78 is 28.2. The van der Waals surface area contributed by atoms with Gasteiger partial charge in [-0.2, -0.15) is 0 Å². The highest BCUT2D eigenvalue weighted by molar-refractivity contribution is 7.89. The number of methoxy groups -OCH3 is 1. The van der Waals surface area contributed by atoms with E-state index in [2.05, 4.69) is 0 Å². The zero-order valence-corrected chi connectivity index (χ0v) is 14.6. The molecule has 1 aliphatic carbocycles. The van der Waals surface area contributed by atoms with Crippen LogP contribution >= 0.6 is 0 Å². The Balaban J connectivity index is 1.79. The van der Waals surface area contributed by atoms with E-state index in [-0.39, 0.29) is 33.4 Å². The van der Waals surface area contributed by atoms with Crippen LogP contribution in [0.15, 0.2) is 23.1 Å². The van der Waals surface area contributed by atoms with Gasteiger partial charge in [-0.05, 0) is 42.9 Å². The number of carboxylic acid groups (broad SMARTS) is 1. The van der Waals surface area contributed by atoms with Crippen LogP contribution in [0.4, 0.5) is 0 Å². The number of carboxylic acids is 1. The van der Waals surface area contributed by atoms with Crippen LogP contribution in [0.25, 0.3) is 0 Å². The fraction of sp³-hybridized carbons (Fsp3) is 0.500. The maximum Gasteiger partial charge on any atom is 0.307 e. The first kappa shape index (κ1) is 17.7.